The van der Waals surface area contributed by atoms with E-state index in [1.54, 1.807) is 12.3 Å². The third-order valence-electron chi connectivity index (χ3n) is 3.43. The summed E-state index contributed by atoms with van der Waals surface area (Å²) < 4.78 is 10.7. The van der Waals surface area contributed by atoms with Crippen molar-refractivity contribution in [2.45, 2.75) is 25.6 Å². The fraction of sp³-hybridized carbons (Fsp3) is 0.235. The van der Waals surface area contributed by atoms with E-state index in [1.807, 2.05) is 38.1 Å². The summed E-state index contributed by atoms with van der Waals surface area (Å²) in [7, 11) is 0. The highest BCUT2D eigenvalue weighted by Crippen LogP contribution is 2.26. The Morgan fingerprint density at radius 3 is 2.67 bits per heavy atom. The molecule has 0 atom stereocenters. The van der Waals surface area contributed by atoms with Crippen molar-refractivity contribution in [1.82, 2.24) is 15.5 Å². The molecule has 124 valence electrons. The van der Waals surface area contributed by atoms with E-state index in [-0.39, 0.29) is 11.7 Å². The van der Waals surface area contributed by atoms with E-state index in [1.165, 1.54) is 17.3 Å². The Labute approximate surface area is 143 Å². The molecule has 0 spiro atoms. The van der Waals surface area contributed by atoms with Gasteiger partial charge in [-0.1, -0.05) is 41.6 Å². The second kappa shape index (κ2) is 7.35. The van der Waals surface area contributed by atoms with Gasteiger partial charge in [0.25, 0.3) is 11.1 Å². The molecule has 2 heterocycles. The Morgan fingerprint density at radius 1 is 1.17 bits per heavy atom. The number of benzene rings is 1. The first-order valence-corrected chi connectivity index (χ1v) is 8.43. The Hall–Kier alpha value is -2.54. The van der Waals surface area contributed by atoms with Crippen LogP contribution in [0.2, 0.25) is 0 Å². The Balaban J connectivity index is 1.49. The number of carbonyl (C=O) groups is 1. The largest absolute Gasteiger partial charge is 0.469 e. The molecule has 0 saturated heterocycles. The molecule has 0 aliphatic carbocycles. The standard InChI is InChI=1S/C17H17N3O3S/c1-11-3-5-13(6-4-11)9-18-15(21)10-24-17-20-19-16(23-17)14-7-8-22-12(14)2/h3-8H,9-10H2,1-2H3,(H,18,21). The summed E-state index contributed by atoms with van der Waals surface area (Å²) in [5, 5.41) is 11.1. The van der Waals surface area contributed by atoms with Crippen molar-refractivity contribution in [2.75, 3.05) is 5.75 Å². The SMILES string of the molecule is Cc1ccc(CNC(=O)CSc2nnc(-c3ccoc3C)o2)cc1. The van der Waals surface area contributed by atoms with Crippen LogP contribution in [-0.4, -0.2) is 21.9 Å². The highest BCUT2D eigenvalue weighted by atomic mass is 32.2. The topological polar surface area (TPSA) is 81.2 Å². The zero-order valence-electron chi connectivity index (χ0n) is 13.4. The molecule has 3 rings (SSSR count). The number of furan rings is 1. The number of hydrogen-bond acceptors (Lipinski definition) is 6. The van der Waals surface area contributed by atoms with Crippen LogP contribution in [0.3, 0.4) is 0 Å². The van der Waals surface area contributed by atoms with E-state index in [0.717, 1.165) is 11.1 Å². The Kier molecular flexibility index (Phi) is 5.00. The lowest BCUT2D eigenvalue weighted by atomic mass is 10.1. The lowest BCUT2D eigenvalue weighted by molar-refractivity contribution is -0.118. The molecular weight excluding hydrogens is 326 g/mol. The molecule has 2 aromatic heterocycles. The summed E-state index contributed by atoms with van der Waals surface area (Å²) in [4.78, 5) is 11.9. The van der Waals surface area contributed by atoms with Gasteiger partial charge in [-0.15, -0.1) is 10.2 Å². The molecule has 1 N–H and O–H groups in total. The number of nitrogens with one attached hydrogen (secondary N) is 1. The average Bonchev–Trinajstić information content (AvgIpc) is 3.21. The minimum atomic E-state index is -0.0835. The van der Waals surface area contributed by atoms with Gasteiger partial charge in [0.15, 0.2) is 0 Å². The van der Waals surface area contributed by atoms with Crippen molar-refractivity contribution in [3.63, 3.8) is 0 Å². The van der Waals surface area contributed by atoms with Gasteiger partial charge < -0.3 is 14.2 Å². The number of aryl methyl sites for hydroxylation is 2. The highest BCUT2D eigenvalue weighted by molar-refractivity contribution is 7.99. The van der Waals surface area contributed by atoms with Crippen LogP contribution in [0.4, 0.5) is 0 Å². The predicted octanol–water partition coefficient (Wildman–Crippen LogP) is 3.35. The van der Waals surface area contributed by atoms with Crippen molar-refractivity contribution >= 4 is 17.7 Å². The summed E-state index contributed by atoms with van der Waals surface area (Å²) in [5.41, 5.74) is 3.02. The van der Waals surface area contributed by atoms with E-state index in [4.69, 9.17) is 8.83 Å². The zero-order valence-corrected chi connectivity index (χ0v) is 14.2. The van der Waals surface area contributed by atoms with Gasteiger partial charge in [0.2, 0.25) is 5.91 Å². The molecule has 6 nitrogen and oxygen atoms in total. The third-order valence-corrected chi connectivity index (χ3v) is 4.25. The fourth-order valence-electron chi connectivity index (χ4n) is 2.07. The molecule has 0 aliphatic rings. The van der Waals surface area contributed by atoms with Gasteiger partial charge in [-0.25, -0.2) is 0 Å². The van der Waals surface area contributed by atoms with Crippen LogP contribution in [0.1, 0.15) is 16.9 Å². The molecule has 1 amide bonds. The zero-order chi connectivity index (χ0) is 16.9. The number of rotatable bonds is 6. The smallest absolute Gasteiger partial charge is 0.277 e. The first-order chi connectivity index (χ1) is 11.6. The van der Waals surface area contributed by atoms with Crippen LogP contribution in [0.15, 0.2) is 50.7 Å². The maximum atomic E-state index is 11.9. The van der Waals surface area contributed by atoms with Crippen molar-refractivity contribution in [1.29, 1.82) is 0 Å². The van der Waals surface area contributed by atoms with Gasteiger partial charge in [0, 0.05) is 6.54 Å². The van der Waals surface area contributed by atoms with Crippen molar-refractivity contribution in [3.05, 3.63) is 53.5 Å². The molecule has 0 aliphatic heterocycles. The summed E-state index contributed by atoms with van der Waals surface area (Å²) in [5.74, 6) is 1.24. The maximum Gasteiger partial charge on any atom is 0.277 e. The van der Waals surface area contributed by atoms with Gasteiger partial charge in [-0.3, -0.25) is 4.79 Å². The quantitative estimate of drug-likeness (QED) is 0.691. The fourth-order valence-corrected chi connectivity index (χ4v) is 2.66. The number of carbonyl (C=O) groups excluding carboxylic acids is 1. The van der Waals surface area contributed by atoms with E-state index in [9.17, 15) is 4.79 Å². The van der Waals surface area contributed by atoms with Gasteiger partial charge in [0.1, 0.15) is 5.76 Å². The highest BCUT2D eigenvalue weighted by Gasteiger charge is 2.14. The van der Waals surface area contributed by atoms with Gasteiger partial charge in [-0.2, -0.15) is 0 Å². The number of amides is 1. The monoisotopic (exact) mass is 343 g/mol. The normalized spacial score (nSPS) is 10.8. The first-order valence-electron chi connectivity index (χ1n) is 7.45. The van der Waals surface area contributed by atoms with Crippen LogP contribution < -0.4 is 5.32 Å². The number of nitrogens with zero attached hydrogens (tertiary/aromatic N) is 2. The van der Waals surface area contributed by atoms with Crippen LogP contribution in [0.5, 0.6) is 0 Å². The second-order valence-electron chi connectivity index (χ2n) is 5.31. The van der Waals surface area contributed by atoms with Crippen molar-refractivity contribution in [2.24, 2.45) is 0 Å². The molecule has 1 aromatic carbocycles. The molecule has 0 radical (unpaired) electrons. The van der Waals surface area contributed by atoms with Crippen molar-refractivity contribution in [3.8, 4) is 11.5 Å². The number of hydrogen-bond donors (Lipinski definition) is 1. The molecule has 7 heteroatoms. The molecule has 0 unspecified atom stereocenters. The lowest BCUT2D eigenvalue weighted by Crippen LogP contribution is -2.24. The summed E-state index contributed by atoms with van der Waals surface area (Å²) in [6.45, 7) is 4.36. The van der Waals surface area contributed by atoms with Crippen LogP contribution in [0.25, 0.3) is 11.5 Å². The summed E-state index contributed by atoms with van der Waals surface area (Å²) in [6, 6.07) is 9.81. The molecule has 0 fully saturated rings. The third kappa shape index (κ3) is 4.05. The van der Waals surface area contributed by atoms with E-state index >= 15 is 0 Å². The summed E-state index contributed by atoms with van der Waals surface area (Å²) in [6.07, 6.45) is 1.57. The minimum Gasteiger partial charge on any atom is -0.469 e. The Bertz CT molecular complexity index is 824. The molecule has 3 aromatic rings. The predicted molar refractivity (Wildman–Crippen MR) is 90.5 cm³/mol. The number of aromatic nitrogens is 2. The van der Waals surface area contributed by atoms with Crippen LogP contribution in [0, 0.1) is 13.8 Å². The van der Waals surface area contributed by atoms with Gasteiger partial charge in [0.05, 0.1) is 17.6 Å². The second-order valence-corrected chi connectivity index (χ2v) is 6.24. The van der Waals surface area contributed by atoms with E-state index in [2.05, 4.69) is 15.5 Å². The summed E-state index contributed by atoms with van der Waals surface area (Å²) >= 11 is 1.21. The van der Waals surface area contributed by atoms with Gasteiger partial charge in [-0.05, 0) is 25.5 Å². The molecule has 0 bridgehead atoms. The van der Waals surface area contributed by atoms with Crippen LogP contribution >= 0.6 is 11.8 Å². The first kappa shape index (κ1) is 16.3. The maximum absolute atomic E-state index is 11.9. The molecule has 0 saturated carbocycles. The van der Waals surface area contributed by atoms with Crippen LogP contribution in [-0.2, 0) is 11.3 Å². The molecular formula is C17H17N3O3S. The minimum absolute atomic E-state index is 0.0835. The average molecular weight is 343 g/mol. The number of thioether (sulfide) groups is 1. The lowest BCUT2D eigenvalue weighted by Gasteiger charge is -2.04. The van der Waals surface area contributed by atoms with E-state index < -0.39 is 0 Å². The Morgan fingerprint density at radius 2 is 1.96 bits per heavy atom. The van der Waals surface area contributed by atoms with Gasteiger partial charge >= 0.3 is 0 Å². The van der Waals surface area contributed by atoms with E-state index in [0.29, 0.717) is 23.4 Å². The molecule has 24 heavy (non-hydrogen) atoms. The van der Waals surface area contributed by atoms with Crippen molar-refractivity contribution < 1.29 is 13.6 Å².